The van der Waals surface area contributed by atoms with Crippen LogP contribution in [0.25, 0.3) is 0 Å². The van der Waals surface area contributed by atoms with Crippen LogP contribution in [0, 0.1) is 0 Å². The Morgan fingerprint density at radius 2 is 2.23 bits per heavy atom. The van der Waals surface area contributed by atoms with Gasteiger partial charge in [0.05, 0.1) is 5.69 Å². The van der Waals surface area contributed by atoms with E-state index in [1.807, 2.05) is 0 Å². The molecule has 0 saturated carbocycles. The Morgan fingerprint density at radius 3 is 2.85 bits per heavy atom. The second-order valence-electron chi connectivity index (χ2n) is 2.18. The van der Waals surface area contributed by atoms with Crippen molar-refractivity contribution < 1.29 is 13.5 Å². The van der Waals surface area contributed by atoms with Crippen LogP contribution in [-0.4, -0.2) is 13.3 Å². The Morgan fingerprint density at radius 1 is 1.46 bits per heavy atom. The monoisotopic (exact) mass is 186 g/mol. The first-order valence-corrected chi connectivity index (χ1v) is 3.49. The van der Waals surface area contributed by atoms with Crippen LogP contribution in [-0.2, 0) is 0 Å². The molecule has 0 saturated heterocycles. The molecule has 0 bridgehead atoms. The SMILES string of the molecule is C=NNc1cccc(OC(F)F)c1. The summed E-state index contributed by atoms with van der Waals surface area (Å²) in [6.07, 6.45) is 0. The van der Waals surface area contributed by atoms with E-state index in [-0.39, 0.29) is 5.75 Å². The zero-order chi connectivity index (χ0) is 9.68. The van der Waals surface area contributed by atoms with Crippen molar-refractivity contribution in [2.75, 3.05) is 5.43 Å². The Bertz CT molecular complexity index is 291. The number of alkyl halides is 2. The summed E-state index contributed by atoms with van der Waals surface area (Å²) in [5.74, 6) is 0.0867. The minimum absolute atomic E-state index is 0.0867. The zero-order valence-electron chi connectivity index (χ0n) is 6.71. The van der Waals surface area contributed by atoms with E-state index in [0.29, 0.717) is 5.69 Å². The van der Waals surface area contributed by atoms with Crippen LogP contribution in [0.4, 0.5) is 14.5 Å². The summed E-state index contributed by atoms with van der Waals surface area (Å²) in [7, 11) is 0. The van der Waals surface area contributed by atoms with Crippen molar-refractivity contribution in [2.24, 2.45) is 5.10 Å². The van der Waals surface area contributed by atoms with E-state index in [1.165, 1.54) is 12.1 Å². The van der Waals surface area contributed by atoms with Crippen LogP contribution >= 0.6 is 0 Å². The van der Waals surface area contributed by atoms with E-state index in [4.69, 9.17) is 0 Å². The minimum Gasteiger partial charge on any atom is -0.435 e. The highest BCUT2D eigenvalue weighted by Gasteiger charge is 2.03. The molecule has 0 aromatic heterocycles. The normalized spacial score (nSPS) is 9.77. The fraction of sp³-hybridized carbons (Fsp3) is 0.125. The quantitative estimate of drug-likeness (QED) is 0.578. The summed E-state index contributed by atoms with van der Waals surface area (Å²) in [5.41, 5.74) is 3.06. The maximum absolute atomic E-state index is 11.8. The van der Waals surface area contributed by atoms with Crippen LogP contribution < -0.4 is 10.2 Å². The molecule has 0 radical (unpaired) electrons. The van der Waals surface area contributed by atoms with Gasteiger partial charge >= 0.3 is 6.61 Å². The third-order valence-electron chi connectivity index (χ3n) is 1.27. The molecule has 0 unspecified atom stereocenters. The lowest BCUT2D eigenvalue weighted by atomic mass is 10.3. The van der Waals surface area contributed by atoms with Crippen molar-refractivity contribution in [1.29, 1.82) is 0 Å². The van der Waals surface area contributed by atoms with Crippen LogP contribution in [0.5, 0.6) is 5.75 Å². The average Bonchev–Trinajstić information content (AvgIpc) is 2.04. The third-order valence-corrected chi connectivity index (χ3v) is 1.27. The lowest BCUT2D eigenvalue weighted by Gasteiger charge is -2.05. The molecule has 0 spiro atoms. The average molecular weight is 186 g/mol. The number of hydrazone groups is 1. The van der Waals surface area contributed by atoms with Crippen LogP contribution in [0.3, 0.4) is 0 Å². The van der Waals surface area contributed by atoms with Gasteiger partial charge in [-0.3, -0.25) is 5.43 Å². The largest absolute Gasteiger partial charge is 0.435 e. The molecule has 1 rings (SSSR count). The summed E-state index contributed by atoms with van der Waals surface area (Å²) in [6.45, 7) is 0.383. The van der Waals surface area contributed by atoms with Crippen molar-refractivity contribution in [2.45, 2.75) is 6.61 Å². The fourth-order valence-corrected chi connectivity index (χ4v) is 0.833. The molecule has 3 nitrogen and oxygen atoms in total. The van der Waals surface area contributed by atoms with Gasteiger partial charge in [-0.15, -0.1) is 0 Å². The standard InChI is InChI=1S/C8H8F2N2O/c1-11-12-6-3-2-4-7(5-6)13-8(9)10/h2-5,8,12H,1H2. The van der Waals surface area contributed by atoms with Gasteiger partial charge in [0.15, 0.2) is 0 Å². The number of anilines is 1. The van der Waals surface area contributed by atoms with Crippen molar-refractivity contribution >= 4 is 12.4 Å². The van der Waals surface area contributed by atoms with Crippen molar-refractivity contribution in [3.05, 3.63) is 24.3 Å². The smallest absolute Gasteiger partial charge is 0.387 e. The first-order valence-electron chi connectivity index (χ1n) is 3.49. The van der Waals surface area contributed by atoms with Gasteiger partial charge in [-0.25, -0.2) is 0 Å². The molecule has 70 valence electrons. The Labute approximate surface area is 74.0 Å². The molecule has 0 aliphatic carbocycles. The summed E-state index contributed by atoms with van der Waals surface area (Å²) in [4.78, 5) is 0. The molecule has 1 N–H and O–H groups in total. The Balaban J connectivity index is 2.72. The molecule has 0 heterocycles. The zero-order valence-corrected chi connectivity index (χ0v) is 6.71. The topological polar surface area (TPSA) is 33.6 Å². The number of halogens is 2. The third kappa shape index (κ3) is 3.06. The van der Waals surface area contributed by atoms with Gasteiger partial charge in [0.1, 0.15) is 5.75 Å². The molecule has 0 aliphatic rings. The van der Waals surface area contributed by atoms with E-state index in [0.717, 1.165) is 0 Å². The Hall–Kier alpha value is -1.65. The number of ether oxygens (including phenoxy) is 1. The predicted molar refractivity (Wildman–Crippen MR) is 46.2 cm³/mol. The summed E-state index contributed by atoms with van der Waals surface area (Å²) in [5, 5.41) is 3.38. The Kier molecular flexibility index (Phi) is 3.19. The molecular formula is C8H8F2N2O. The number of nitrogens with zero attached hydrogens (tertiary/aromatic N) is 1. The molecule has 0 fully saturated rings. The molecule has 1 aromatic rings. The van der Waals surface area contributed by atoms with Crippen molar-refractivity contribution in [1.82, 2.24) is 0 Å². The van der Waals surface area contributed by atoms with Gasteiger partial charge in [-0.05, 0) is 12.1 Å². The van der Waals surface area contributed by atoms with Crippen molar-refractivity contribution in [3.8, 4) is 5.75 Å². The molecule has 0 atom stereocenters. The second-order valence-corrected chi connectivity index (χ2v) is 2.18. The molecule has 5 heteroatoms. The van der Waals surface area contributed by atoms with Crippen LogP contribution in [0.1, 0.15) is 0 Å². The molecule has 0 aliphatic heterocycles. The number of rotatable bonds is 4. The van der Waals surface area contributed by atoms with Crippen LogP contribution in [0.15, 0.2) is 29.4 Å². The lowest BCUT2D eigenvalue weighted by Crippen LogP contribution is -2.01. The minimum atomic E-state index is -2.81. The lowest BCUT2D eigenvalue weighted by molar-refractivity contribution is -0.0498. The first kappa shape index (κ1) is 9.44. The van der Waals surface area contributed by atoms with E-state index < -0.39 is 6.61 Å². The number of nitrogens with one attached hydrogen (secondary N) is 1. The molecule has 1 aromatic carbocycles. The second kappa shape index (κ2) is 4.39. The highest BCUT2D eigenvalue weighted by atomic mass is 19.3. The molecular weight excluding hydrogens is 178 g/mol. The van der Waals surface area contributed by atoms with Gasteiger partial charge in [0.2, 0.25) is 0 Å². The van der Waals surface area contributed by atoms with Gasteiger partial charge in [0.25, 0.3) is 0 Å². The van der Waals surface area contributed by atoms with Gasteiger partial charge in [-0.1, -0.05) is 6.07 Å². The molecule has 13 heavy (non-hydrogen) atoms. The van der Waals surface area contributed by atoms with E-state index in [2.05, 4.69) is 22.0 Å². The number of benzene rings is 1. The van der Waals surface area contributed by atoms with Gasteiger partial charge < -0.3 is 4.74 Å². The fourth-order valence-electron chi connectivity index (χ4n) is 0.833. The summed E-state index contributed by atoms with van der Waals surface area (Å²) >= 11 is 0. The van der Waals surface area contributed by atoms with E-state index in [9.17, 15) is 8.78 Å². The van der Waals surface area contributed by atoms with Crippen LogP contribution in [0.2, 0.25) is 0 Å². The summed E-state index contributed by atoms with van der Waals surface area (Å²) < 4.78 is 27.7. The maximum atomic E-state index is 11.8. The number of hydrogen-bond donors (Lipinski definition) is 1. The van der Waals surface area contributed by atoms with E-state index in [1.54, 1.807) is 12.1 Å². The highest BCUT2D eigenvalue weighted by molar-refractivity contribution is 5.48. The van der Waals surface area contributed by atoms with Crippen molar-refractivity contribution in [3.63, 3.8) is 0 Å². The molecule has 0 amide bonds. The van der Waals surface area contributed by atoms with Gasteiger partial charge in [0, 0.05) is 12.8 Å². The maximum Gasteiger partial charge on any atom is 0.387 e. The highest BCUT2D eigenvalue weighted by Crippen LogP contribution is 2.18. The predicted octanol–water partition coefficient (Wildman–Crippen LogP) is 2.32. The number of hydrogen-bond acceptors (Lipinski definition) is 3. The first-order chi connectivity index (χ1) is 6.22. The summed E-state index contributed by atoms with van der Waals surface area (Å²) in [6, 6.07) is 6.07. The van der Waals surface area contributed by atoms with Gasteiger partial charge in [-0.2, -0.15) is 13.9 Å². The van der Waals surface area contributed by atoms with E-state index >= 15 is 0 Å².